The van der Waals surface area contributed by atoms with Gasteiger partial charge in [-0.1, -0.05) is 39.0 Å². The molecule has 0 fully saturated rings. The minimum Gasteiger partial charge on any atom is -0.394 e. The third kappa shape index (κ3) is 8.08. The van der Waals surface area contributed by atoms with Gasteiger partial charge in [0.15, 0.2) is 0 Å². The highest BCUT2D eigenvalue weighted by molar-refractivity contribution is 4.63. The van der Waals surface area contributed by atoms with E-state index >= 15 is 0 Å². The van der Waals surface area contributed by atoms with Crippen LogP contribution in [0.25, 0.3) is 0 Å². The van der Waals surface area contributed by atoms with E-state index in [0.717, 1.165) is 13.0 Å². The molecular formula is C13H28O3. The fourth-order valence-electron chi connectivity index (χ4n) is 1.67. The van der Waals surface area contributed by atoms with Crippen molar-refractivity contribution in [3.8, 4) is 0 Å². The monoisotopic (exact) mass is 232 g/mol. The second-order valence-electron chi connectivity index (χ2n) is 4.30. The van der Waals surface area contributed by atoms with Crippen LogP contribution in [0.4, 0.5) is 0 Å². The zero-order valence-corrected chi connectivity index (χ0v) is 11.1. The summed E-state index contributed by atoms with van der Waals surface area (Å²) in [5.41, 5.74) is 0. The lowest BCUT2D eigenvalue weighted by molar-refractivity contribution is -0.0685. The van der Waals surface area contributed by atoms with E-state index in [1.165, 1.54) is 32.1 Å². The van der Waals surface area contributed by atoms with Gasteiger partial charge in [-0.05, 0) is 13.3 Å². The van der Waals surface area contributed by atoms with E-state index in [-0.39, 0.29) is 18.8 Å². The van der Waals surface area contributed by atoms with E-state index in [2.05, 4.69) is 6.92 Å². The molecule has 3 nitrogen and oxygen atoms in total. The van der Waals surface area contributed by atoms with Gasteiger partial charge in [0, 0.05) is 13.7 Å². The average molecular weight is 232 g/mol. The van der Waals surface area contributed by atoms with Crippen molar-refractivity contribution in [2.45, 2.75) is 64.6 Å². The fraction of sp³-hybridized carbons (Fsp3) is 1.00. The Morgan fingerprint density at radius 1 is 1.06 bits per heavy atom. The maximum atomic E-state index is 8.99. The first-order chi connectivity index (χ1) is 7.76. The maximum Gasteiger partial charge on any atom is 0.106 e. The van der Waals surface area contributed by atoms with E-state index in [4.69, 9.17) is 14.6 Å². The molecule has 1 N–H and O–H groups in total. The van der Waals surface area contributed by atoms with Crippen molar-refractivity contribution in [1.82, 2.24) is 0 Å². The number of rotatable bonds is 11. The minimum absolute atomic E-state index is 0.0220. The minimum atomic E-state index is -0.194. The molecule has 98 valence electrons. The molecule has 16 heavy (non-hydrogen) atoms. The van der Waals surface area contributed by atoms with Gasteiger partial charge >= 0.3 is 0 Å². The highest BCUT2D eigenvalue weighted by Crippen LogP contribution is 2.07. The van der Waals surface area contributed by atoms with Crippen LogP contribution in [0.3, 0.4) is 0 Å². The zero-order chi connectivity index (χ0) is 12.2. The quantitative estimate of drug-likeness (QED) is 0.557. The molecule has 0 aromatic carbocycles. The molecule has 0 spiro atoms. The highest BCUT2D eigenvalue weighted by atomic mass is 16.5. The molecular weight excluding hydrogens is 204 g/mol. The van der Waals surface area contributed by atoms with Crippen molar-refractivity contribution in [3.05, 3.63) is 0 Å². The van der Waals surface area contributed by atoms with Crippen molar-refractivity contribution in [2.75, 3.05) is 20.3 Å². The Morgan fingerprint density at radius 2 is 1.69 bits per heavy atom. The van der Waals surface area contributed by atoms with Gasteiger partial charge in [0.25, 0.3) is 0 Å². The molecule has 0 saturated heterocycles. The van der Waals surface area contributed by atoms with Gasteiger partial charge in [-0.25, -0.2) is 0 Å². The standard InChI is InChI=1S/C13H28O3/c1-4-5-6-7-8-9-10-16-12(2)13(11-14)15-3/h12-14H,4-11H2,1-3H3. The summed E-state index contributed by atoms with van der Waals surface area (Å²) in [6.45, 7) is 4.97. The van der Waals surface area contributed by atoms with Crippen LogP contribution >= 0.6 is 0 Å². The molecule has 0 rings (SSSR count). The van der Waals surface area contributed by atoms with Crippen molar-refractivity contribution in [2.24, 2.45) is 0 Å². The van der Waals surface area contributed by atoms with Gasteiger partial charge in [-0.3, -0.25) is 0 Å². The summed E-state index contributed by atoms with van der Waals surface area (Å²) in [7, 11) is 1.60. The first kappa shape index (κ1) is 15.9. The molecule has 0 radical (unpaired) electrons. The fourth-order valence-corrected chi connectivity index (χ4v) is 1.67. The lowest BCUT2D eigenvalue weighted by Gasteiger charge is -2.20. The van der Waals surface area contributed by atoms with Gasteiger partial charge in [-0.15, -0.1) is 0 Å². The van der Waals surface area contributed by atoms with E-state index in [1.807, 2.05) is 6.92 Å². The van der Waals surface area contributed by atoms with Crippen LogP contribution in [0.15, 0.2) is 0 Å². The molecule has 0 aliphatic carbocycles. The maximum absolute atomic E-state index is 8.99. The van der Waals surface area contributed by atoms with Crippen LogP contribution in [0, 0.1) is 0 Å². The van der Waals surface area contributed by atoms with Crippen molar-refractivity contribution in [1.29, 1.82) is 0 Å². The second kappa shape index (κ2) is 11.4. The molecule has 0 saturated carbocycles. The molecule has 0 heterocycles. The van der Waals surface area contributed by atoms with Crippen molar-refractivity contribution < 1.29 is 14.6 Å². The molecule has 3 heteroatoms. The SMILES string of the molecule is CCCCCCCCOC(C)C(CO)OC. The Hall–Kier alpha value is -0.120. The normalized spacial score (nSPS) is 15.0. The van der Waals surface area contributed by atoms with Crippen LogP contribution in [0.1, 0.15) is 52.4 Å². The summed E-state index contributed by atoms with van der Waals surface area (Å²) in [6.07, 6.45) is 7.40. The van der Waals surface area contributed by atoms with Gasteiger partial charge in [0.05, 0.1) is 12.7 Å². The Balaban J connectivity index is 3.30. The zero-order valence-electron chi connectivity index (χ0n) is 11.1. The van der Waals surface area contributed by atoms with Crippen LogP contribution in [-0.2, 0) is 9.47 Å². The van der Waals surface area contributed by atoms with Crippen molar-refractivity contribution in [3.63, 3.8) is 0 Å². The van der Waals surface area contributed by atoms with Crippen LogP contribution < -0.4 is 0 Å². The number of aliphatic hydroxyl groups excluding tert-OH is 1. The molecule has 0 aromatic rings. The molecule has 2 atom stereocenters. The lowest BCUT2D eigenvalue weighted by atomic mass is 10.1. The molecule has 0 amide bonds. The third-order valence-electron chi connectivity index (χ3n) is 2.88. The number of methoxy groups -OCH3 is 1. The largest absolute Gasteiger partial charge is 0.394 e. The number of ether oxygens (including phenoxy) is 2. The summed E-state index contributed by atoms with van der Waals surface area (Å²) >= 11 is 0. The van der Waals surface area contributed by atoms with Crippen LogP contribution in [0.2, 0.25) is 0 Å². The average Bonchev–Trinajstić information content (AvgIpc) is 2.29. The second-order valence-corrected chi connectivity index (χ2v) is 4.30. The Morgan fingerprint density at radius 3 is 2.25 bits per heavy atom. The highest BCUT2D eigenvalue weighted by Gasteiger charge is 2.15. The van der Waals surface area contributed by atoms with E-state index in [1.54, 1.807) is 7.11 Å². The summed E-state index contributed by atoms with van der Waals surface area (Å²) in [6, 6.07) is 0. The summed E-state index contributed by atoms with van der Waals surface area (Å²) < 4.78 is 10.7. The Labute approximate surface area is 100 Å². The number of aliphatic hydroxyl groups is 1. The Kier molecular flexibility index (Phi) is 11.3. The molecule has 0 aliphatic rings. The topological polar surface area (TPSA) is 38.7 Å². The van der Waals surface area contributed by atoms with E-state index < -0.39 is 0 Å². The molecule has 0 aromatic heterocycles. The Bertz CT molecular complexity index is 135. The van der Waals surface area contributed by atoms with Gasteiger partial charge in [0.2, 0.25) is 0 Å². The molecule has 0 bridgehead atoms. The first-order valence-corrected chi connectivity index (χ1v) is 6.51. The predicted octanol–water partition coefficient (Wildman–Crippen LogP) is 2.76. The smallest absolute Gasteiger partial charge is 0.106 e. The number of unbranched alkanes of at least 4 members (excludes halogenated alkanes) is 5. The van der Waals surface area contributed by atoms with E-state index in [9.17, 15) is 0 Å². The van der Waals surface area contributed by atoms with Gasteiger partial charge < -0.3 is 14.6 Å². The number of hydrogen-bond donors (Lipinski definition) is 1. The van der Waals surface area contributed by atoms with E-state index in [0.29, 0.717) is 0 Å². The van der Waals surface area contributed by atoms with Crippen molar-refractivity contribution >= 4 is 0 Å². The molecule has 2 unspecified atom stereocenters. The third-order valence-corrected chi connectivity index (χ3v) is 2.88. The van der Waals surface area contributed by atoms with Crippen LogP contribution in [0.5, 0.6) is 0 Å². The lowest BCUT2D eigenvalue weighted by Crippen LogP contribution is -2.31. The van der Waals surface area contributed by atoms with Crippen LogP contribution in [-0.4, -0.2) is 37.6 Å². The summed E-state index contributed by atoms with van der Waals surface area (Å²) in [5.74, 6) is 0. The first-order valence-electron chi connectivity index (χ1n) is 6.51. The summed E-state index contributed by atoms with van der Waals surface area (Å²) in [5, 5.41) is 8.99. The predicted molar refractivity (Wildman–Crippen MR) is 66.7 cm³/mol. The summed E-state index contributed by atoms with van der Waals surface area (Å²) in [4.78, 5) is 0. The van der Waals surface area contributed by atoms with Gasteiger partial charge in [0.1, 0.15) is 6.10 Å². The molecule has 0 aliphatic heterocycles. The van der Waals surface area contributed by atoms with Gasteiger partial charge in [-0.2, -0.15) is 0 Å². The number of hydrogen-bond acceptors (Lipinski definition) is 3.